The Morgan fingerprint density at radius 1 is 1.22 bits per heavy atom. The highest BCUT2D eigenvalue weighted by molar-refractivity contribution is 7.09. The Morgan fingerprint density at radius 3 is 2.61 bits per heavy atom. The molecule has 0 saturated carbocycles. The van der Waals surface area contributed by atoms with Crippen LogP contribution >= 0.6 is 11.3 Å². The van der Waals surface area contributed by atoms with E-state index in [0.29, 0.717) is 13.2 Å². The third-order valence-electron chi connectivity index (χ3n) is 3.50. The van der Waals surface area contributed by atoms with Crippen molar-refractivity contribution in [3.05, 3.63) is 51.7 Å². The summed E-state index contributed by atoms with van der Waals surface area (Å²) in [6, 6.07) is 9.95. The van der Waals surface area contributed by atoms with Gasteiger partial charge in [-0.15, -0.1) is 11.3 Å². The van der Waals surface area contributed by atoms with Crippen LogP contribution in [0.4, 0.5) is 4.79 Å². The van der Waals surface area contributed by atoms with Gasteiger partial charge >= 0.3 is 6.03 Å². The molecule has 2 aromatic rings. The first-order chi connectivity index (χ1) is 11.1. The summed E-state index contributed by atoms with van der Waals surface area (Å²) < 4.78 is 5.85. The Labute approximate surface area is 141 Å². The number of hydrogen-bond acceptors (Lipinski definition) is 3. The highest BCUT2D eigenvalue weighted by Crippen LogP contribution is 2.22. The number of amides is 2. The maximum Gasteiger partial charge on any atom is 0.315 e. The lowest BCUT2D eigenvalue weighted by atomic mass is 10.1. The molecule has 1 atom stereocenters. The van der Waals surface area contributed by atoms with Crippen LogP contribution in [-0.4, -0.2) is 25.2 Å². The Hall–Kier alpha value is -2.01. The van der Waals surface area contributed by atoms with Gasteiger partial charge in [-0.2, -0.15) is 0 Å². The average Bonchev–Trinajstić information content (AvgIpc) is 3.00. The molecule has 2 N–H and O–H groups in total. The zero-order valence-electron chi connectivity index (χ0n) is 13.9. The van der Waals surface area contributed by atoms with Gasteiger partial charge in [-0.1, -0.05) is 24.3 Å². The lowest BCUT2D eigenvalue weighted by Gasteiger charge is -2.17. The van der Waals surface area contributed by atoms with Crippen LogP contribution in [0.3, 0.4) is 0 Å². The molecule has 0 aliphatic rings. The van der Waals surface area contributed by atoms with Gasteiger partial charge < -0.3 is 15.4 Å². The Morgan fingerprint density at radius 2 is 1.96 bits per heavy atom. The molecule has 23 heavy (non-hydrogen) atoms. The van der Waals surface area contributed by atoms with Crippen LogP contribution in [-0.2, 0) is 6.42 Å². The predicted octanol–water partition coefficient (Wildman–Crippen LogP) is 3.67. The van der Waals surface area contributed by atoms with Crippen LogP contribution in [0.1, 0.15) is 22.9 Å². The van der Waals surface area contributed by atoms with Crippen LogP contribution < -0.4 is 15.4 Å². The second-order valence-corrected chi connectivity index (χ2v) is 6.69. The van der Waals surface area contributed by atoms with Gasteiger partial charge in [-0.05, 0) is 49.8 Å². The second kappa shape index (κ2) is 8.58. The first kappa shape index (κ1) is 17.3. The van der Waals surface area contributed by atoms with Gasteiger partial charge in [0.15, 0.2) is 0 Å². The fourth-order valence-electron chi connectivity index (χ4n) is 2.31. The molecule has 0 aliphatic heterocycles. The number of hydrogen-bond donors (Lipinski definition) is 2. The van der Waals surface area contributed by atoms with Gasteiger partial charge in [0.05, 0.1) is 6.04 Å². The van der Waals surface area contributed by atoms with E-state index in [1.807, 2.05) is 50.4 Å². The van der Waals surface area contributed by atoms with Gasteiger partial charge in [0, 0.05) is 11.4 Å². The number of aryl methyl sites for hydroxylation is 2. The van der Waals surface area contributed by atoms with Crippen LogP contribution in [0.5, 0.6) is 5.75 Å². The monoisotopic (exact) mass is 332 g/mol. The van der Waals surface area contributed by atoms with Crippen LogP contribution in [0, 0.1) is 13.8 Å². The number of nitrogens with one attached hydrogen (secondary N) is 2. The Kier molecular flexibility index (Phi) is 6.47. The quantitative estimate of drug-likeness (QED) is 0.813. The molecule has 0 bridgehead atoms. The molecule has 4 nitrogen and oxygen atoms in total. The zero-order valence-corrected chi connectivity index (χ0v) is 14.7. The minimum absolute atomic E-state index is 0.0595. The number of rotatable bonds is 7. The van der Waals surface area contributed by atoms with Gasteiger partial charge in [-0.3, -0.25) is 0 Å². The molecule has 124 valence electrons. The molecule has 0 spiro atoms. The van der Waals surface area contributed by atoms with Crippen molar-refractivity contribution < 1.29 is 9.53 Å². The normalized spacial score (nSPS) is 11.8. The van der Waals surface area contributed by atoms with E-state index in [4.69, 9.17) is 4.74 Å². The van der Waals surface area contributed by atoms with E-state index in [2.05, 4.69) is 16.7 Å². The van der Waals surface area contributed by atoms with Crippen molar-refractivity contribution >= 4 is 17.4 Å². The van der Waals surface area contributed by atoms with E-state index in [9.17, 15) is 4.79 Å². The molecule has 2 amide bonds. The number of thiophene rings is 1. The molecule has 1 heterocycles. The van der Waals surface area contributed by atoms with Gasteiger partial charge in [0.25, 0.3) is 0 Å². The lowest BCUT2D eigenvalue weighted by Crippen LogP contribution is -2.43. The molecule has 0 saturated heterocycles. The average molecular weight is 332 g/mol. The second-order valence-electron chi connectivity index (χ2n) is 5.66. The van der Waals surface area contributed by atoms with E-state index in [0.717, 1.165) is 23.3 Å². The number of para-hydroxylation sites is 1. The van der Waals surface area contributed by atoms with Crippen molar-refractivity contribution in [2.24, 2.45) is 0 Å². The smallest absolute Gasteiger partial charge is 0.315 e. The van der Waals surface area contributed by atoms with E-state index < -0.39 is 0 Å². The summed E-state index contributed by atoms with van der Waals surface area (Å²) in [6.45, 7) is 7.07. The van der Waals surface area contributed by atoms with Crippen molar-refractivity contribution in [2.45, 2.75) is 33.2 Å². The van der Waals surface area contributed by atoms with E-state index >= 15 is 0 Å². The first-order valence-electron chi connectivity index (χ1n) is 7.82. The lowest BCUT2D eigenvalue weighted by molar-refractivity contribution is 0.226. The first-order valence-corrected chi connectivity index (χ1v) is 8.70. The largest absolute Gasteiger partial charge is 0.491 e. The fraction of sp³-hybridized carbons (Fsp3) is 0.389. The summed E-state index contributed by atoms with van der Waals surface area (Å²) in [4.78, 5) is 13.1. The fourth-order valence-corrected chi connectivity index (χ4v) is 3.01. The van der Waals surface area contributed by atoms with Crippen molar-refractivity contribution in [1.29, 1.82) is 0 Å². The minimum Gasteiger partial charge on any atom is -0.491 e. The predicted molar refractivity (Wildman–Crippen MR) is 95.4 cm³/mol. The molecule has 1 aromatic heterocycles. The van der Waals surface area contributed by atoms with Crippen LogP contribution in [0.2, 0.25) is 0 Å². The molecule has 0 radical (unpaired) electrons. The van der Waals surface area contributed by atoms with Crippen molar-refractivity contribution in [3.8, 4) is 5.75 Å². The summed E-state index contributed by atoms with van der Waals surface area (Å²) >= 11 is 1.71. The summed E-state index contributed by atoms with van der Waals surface area (Å²) in [6.07, 6.45) is 0.859. The molecule has 1 unspecified atom stereocenters. The van der Waals surface area contributed by atoms with Crippen molar-refractivity contribution in [2.75, 3.05) is 13.2 Å². The number of ether oxygens (including phenoxy) is 1. The number of urea groups is 1. The Balaban J connectivity index is 1.69. The number of benzene rings is 1. The van der Waals surface area contributed by atoms with Gasteiger partial charge in [0.1, 0.15) is 12.4 Å². The maximum atomic E-state index is 11.9. The molecule has 2 rings (SSSR count). The maximum absolute atomic E-state index is 11.9. The molecule has 5 heteroatoms. The molecular weight excluding hydrogens is 308 g/mol. The zero-order chi connectivity index (χ0) is 16.7. The van der Waals surface area contributed by atoms with E-state index in [1.54, 1.807) is 11.3 Å². The van der Waals surface area contributed by atoms with Crippen molar-refractivity contribution in [1.82, 2.24) is 10.6 Å². The van der Waals surface area contributed by atoms with E-state index in [1.165, 1.54) is 4.88 Å². The standard InChI is InChI=1S/C18H24N2O2S/c1-13-6-4-7-14(2)17(13)22-12-15(3)20-18(21)19-10-9-16-8-5-11-23-16/h4-8,11,15H,9-10,12H2,1-3H3,(H2,19,20,21). The van der Waals surface area contributed by atoms with Crippen LogP contribution in [0.25, 0.3) is 0 Å². The summed E-state index contributed by atoms with van der Waals surface area (Å²) in [7, 11) is 0. The van der Waals surface area contributed by atoms with E-state index in [-0.39, 0.29) is 12.1 Å². The van der Waals surface area contributed by atoms with Gasteiger partial charge in [0.2, 0.25) is 0 Å². The SMILES string of the molecule is Cc1cccc(C)c1OCC(C)NC(=O)NCCc1cccs1. The van der Waals surface area contributed by atoms with Gasteiger partial charge in [-0.25, -0.2) is 4.79 Å². The highest BCUT2D eigenvalue weighted by atomic mass is 32.1. The number of carbonyl (C=O) groups excluding carboxylic acids is 1. The highest BCUT2D eigenvalue weighted by Gasteiger charge is 2.09. The van der Waals surface area contributed by atoms with Crippen molar-refractivity contribution in [3.63, 3.8) is 0 Å². The molecule has 0 aliphatic carbocycles. The molecular formula is C18H24N2O2S. The Bertz CT molecular complexity index is 606. The topological polar surface area (TPSA) is 50.4 Å². The third-order valence-corrected chi connectivity index (χ3v) is 4.44. The van der Waals surface area contributed by atoms with Crippen LogP contribution in [0.15, 0.2) is 35.7 Å². The summed E-state index contributed by atoms with van der Waals surface area (Å²) in [5, 5.41) is 7.82. The molecule has 0 fully saturated rings. The third kappa shape index (κ3) is 5.60. The molecule has 1 aromatic carbocycles. The minimum atomic E-state index is -0.154. The number of carbonyl (C=O) groups is 1. The summed E-state index contributed by atoms with van der Waals surface area (Å²) in [5.41, 5.74) is 2.22. The summed E-state index contributed by atoms with van der Waals surface area (Å²) in [5.74, 6) is 0.902.